The average Bonchev–Trinajstić information content (AvgIpc) is 3.53. The first-order valence-corrected chi connectivity index (χ1v) is 20.8. The largest absolute Gasteiger partial charge is 0.346 e. The maximum Gasteiger partial charge on any atom is 0.315 e. The van der Waals surface area contributed by atoms with Gasteiger partial charge in [-0.25, -0.2) is 13.2 Å². The van der Waals surface area contributed by atoms with Crippen molar-refractivity contribution in [3.8, 4) is 0 Å². The van der Waals surface area contributed by atoms with Crippen molar-refractivity contribution in [3.63, 3.8) is 0 Å². The number of hydrogen-bond acceptors (Lipinski definition) is 8. The molecule has 2 aliphatic heterocycles. The van der Waals surface area contributed by atoms with Gasteiger partial charge in [-0.05, 0) is 47.0 Å². The quantitative estimate of drug-likeness (QED) is 0.207. The first kappa shape index (κ1) is 41.5. The van der Waals surface area contributed by atoms with E-state index in [4.69, 9.17) is 0 Å². The molecule has 2 saturated heterocycles. The number of urea groups is 1. The van der Waals surface area contributed by atoms with Gasteiger partial charge in [0.05, 0.1) is 6.04 Å². The highest BCUT2D eigenvalue weighted by atomic mass is 32.2. The van der Waals surface area contributed by atoms with Gasteiger partial charge in [-0.3, -0.25) is 19.2 Å². The lowest BCUT2D eigenvalue weighted by atomic mass is 9.86. The van der Waals surface area contributed by atoms with E-state index in [0.717, 1.165) is 43.4 Å². The zero-order valence-electron chi connectivity index (χ0n) is 31.5. The average molecular weight is 763 g/mol. The normalized spacial score (nSPS) is 26.4. The summed E-state index contributed by atoms with van der Waals surface area (Å²) in [6, 6.07) is -0.815. The molecule has 1 aliphatic carbocycles. The summed E-state index contributed by atoms with van der Waals surface area (Å²) in [7, 11) is -2.28. The minimum absolute atomic E-state index is 0.00801. The SMILES string of the molecule is C=CCNC(=O)C(=O)[C@@H]1CCCCCCCCC[C@H](NC(=O)N[C@H](CN(C)S(=O)(=O)c2cccs2)C(C)(C)C)C(=O)N2C[C@H]3[C@@H]([C@H]2C(=O)N1)C3(C)C. The van der Waals surface area contributed by atoms with Crippen LogP contribution in [0.25, 0.3) is 0 Å². The number of piperidine rings is 1. The van der Waals surface area contributed by atoms with Gasteiger partial charge in [0, 0.05) is 32.7 Å². The van der Waals surface area contributed by atoms with Crippen LogP contribution < -0.4 is 21.3 Å². The van der Waals surface area contributed by atoms with Crippen molar-refractivity contribution in [2.45, 2.75) is 121 Å². The van der Waals surface area contributed by atoms with Gasteiger partial charge in [-0.1, -0.05) is 91.7 Å². The zero-order valence-corrected chi connectivity index (χ0v) is 33.2. The summed E-state index contributed by atoms with van der Waals surface area (Å²) in [5, 5.41) is 12.9. The molecule has 0 unspecified atom stereocenters. The molecule has 52 heavy (non-hydrogen) atoms. The van der Waals surface area contributed by atoms with Gasteiger partial charge in [0.25, 0.3) is 15.9 Å². The summed E-state index contributed by atoms with van der Waals surface area (Å²) in [6.45, 7) is 13.9. The Morgan fingerprint density at radius 2 is 1.73 bits per heavy atom. The smallest absolute Gasteiger partial charge is 0.315 e. The fourth-order valence-corrected chi connectivity index (χ4v) is 9.99. The minimum atomic E-state index is -3.77. The molecule has 1 aromatic heterocycles. The molecule has 1 aromatic rings. The monoisotopic (exact) mass is 762 g/mol. The van der Waals surface area contributed by atoms with E-state index in [1.165, 1.54) is 17.4 Å². The molecule has 4 N–H and O–H groups in total. The lowest BCUT2D eigenvalue weighted by Gasteiger charge is -2.36. The van der Waals surface area contributed by atoms with Crippen LogP contribution in [-0.4, -0.2) is 98.0 Å². The summed E-state index contributed by atoms with van der Waals surface area (Å²) >= 11 is 1.12. The number of Topliss-reactive ketones (excluding diaryl/α,β-unsaturated/α-hetero) is 1. The molecule has 290 valence electrons. The Hall–Kier alpha value is -3.30. The Bertz CT molecular complexity index is 1570. The third kappa shape index (κ3) is 9.81. The lowest BCUT2D eigenvalue weighted by Crippen LogP contribution is -2.60. The number of fused-ring (bicyclic) bond motifs is 3. The van der Waals surface area contributed by atoms with E-state index in [1.54, 1.807) is 22.4 Å². The molecule has 4 rings (SSSR count). The standard InChI is InChI=1S/C37H58N6O7S2/c1-8-20-38-33(46)31(44)25-17-14-12-10-9-11-13-15-18-26(34(47)43-22-24-29(37(24,5)6)30(43)32(45)39-25)40-35(48)41-27(36(2,3)4)23-42(7)52(49,50)28-19-16-21-51-28/h8,16,19,21,24-27,29-30H,1,9-15,17-18,20,22-23H2,2-7H3,(H,38,46)(H,39,45)(H2,40,41,48)/t24-,25-,26-,27+,29-,30-/m0/s1. The third-order valence-corrected chi connectivity index (χ3v) is 14.3. The fraction of sp³-hybridized carbons (Fsp3) is 0.703. The second kappa shape index (κ2) is 17.2. The van der Waals surface area contributed by atoms with Crippen LogP contribution >= 0.6 is 11.3 Å². The number of nitrogens with one attached hydrogen (secondary N) is 4. The highest BCUT2D eigenvalue weighted by molar-refractivity contribution is 7.91. The van der Waals surface area contributed by atoms with Gasteiger partial charge in [0.1, 0.15) is 16.3 Å². The van der Waals surface area contributed by atoms with Crippen LogP contribution in [0.1, 0.15) is 92.4 Å². The molecule has 1 saturated carbocycles. The molecule has 15 heteroatoms. The first-order valence-electron chi connectivity index (χ1n) is 18.5. The van der Waals surface area contributed by atoms with Gasteiger partial charge < -0.3 is 26.2 Å². The van der Waals surface area contributed by atoms with Crippen molar-refractivity contribution >= 4 is 50.9 Å². The summed E-state index contributed by atoms with van der Waals surface area (Å²) in [5.74, 6) is -2.43. The molecule has 0 bridgehead atoms. The zero-order chi connectivity index (χ0) is 38.4. The third-order valence-electron chi connectivity index (χ3n) is 11.1. The van der Waals surface area contributed by atoms with Crippen LogP contribution in [0.4, 0.5) is 4.79 Å². The van der Waals surface area contributed by atoms with Crippen LogP contribution in [0.2, 0.25) is 0 Å². The topological polar surface area (TPSA) is 174 Å². The molecule has 0 spiro atoms. The maximum atomic E-state index is 14.4. The van der Waals surface area contributed by atoms with Gasteiger partial charge in [0.15, 0.2) is 0 Å². The van der Waals surface area contributed by atoms with Crippen LogP contribution in [-0.2, 0) is 29.2 Å². The molecule has 6 atom stereocenters. The van der Waals surface area contributed by atoms with Crippen molar-refractivity contribution in [1.29, 1.82) is 0 Å². The first-order chi connectivity index (χ1) is 24.4. The second-order valence-corrected chi connectivity index (χ2v) is 19.4. The van der Waals surface area contributed by atoms with Gasteiger partial charge in [-0.2, -0.15) is 4.31 Å². The molecule has 13 nitrogen and oxygen atoms in total. The minimum Gasteiger partial charge on any atom is -0.346 e. The van der Waals surface area contributed by atoms with E-state index in [2.05, 4.69) is 41.7 Å². The summed E-state index contributed by atoms with van der Waals surface area (Å²) < 4.78 is 27.8. The van der Waals surface area contributed by atoms with E-state index in [1.807, 2.05) is 20.8 Å². The van der Waals surface area contributed by atoms with Crippen LogP contribution in [0.3, 0.4) is 0 Å². The number of sulfonamides is 1. The molecule has 3 aliphatic rings. The molecular formula is C37H58N6O7S2. The molecule has 3 fully saturated rings. The highest BCUT2D eigenvalue weighted by Crippen LogP contribution is 2.65. The van der Waals surface area contributed by atoms with Crippen molar-refractivity contribution in [3.05, 3.63) is 30.2 Å². The Morgan fingerprint density at radius 3 is 2.33 bits per heavy atom. The number of nitrogens with zero attached hydrogens (tertiary/aromatic N) is 2. The maximum absolute atomic E-state index is 14.4. The van der Waals surface area contributed by atoms with E-state index in [-0.39, 0.29) is 40.5 Å². The number of likely N-dealkylation sites (N-methyl/N-ethyl adjacent to an activating group) is 1. The van der Waals surface area contributed by atoms with Gasteiger partial charge in [0.2, 0.25) is 17.6 Å². The molecule has 0 aromatic carbocycles. The van der Waals surface area contributed by atoms with Crippen LogP contribution in [0.15, 0.2) is 34.4 Å². The van der Waals surface area contributed by atoms with Crippen molar-refractivity contribution in [1.82, 2.24) is 30.5 Å². The molecular weight excluding hydrogens is 705 g/mol. The number of carbonyl (C=O) groups excluding carboxylic acids is 5. The van der Waals surface area contributed by atoms with Crippen molar-refractivity contribution in [2.24, 2.45) is 22.7 Å². The summed E-state index contributed by atoms with van der Waals surface area (Å²) in [6.07, 6.45) is 8.06. The van der Waals surface area contributed by atoms with Crippen LogP contribution in [0.5, 0.6) is 0 Å². The summed E-state index contributed by atoms with van der Waals surface area (Å²) in [5.41, 5.74) is -0.737. The van der Waals surface area contributed by atoms with Gasteiger partial charge >= 0.3 is 6.03 Å². The number of thiophene rings is 1. The predicted octanol–water partition coefficient (Wildman–Crippen LogP) is 3.81. The number of carbonyl (C=O) groups is 5. The van der Waals surface area contributed by atoms with E-state index in [0.29, 0.717) is 32.2 Å². The van der Waals surface area contributed by atoms with Crippen LogP contribution in [0, 0.1) is 22.7 Å². The number of amides is 5. The molecule has 5 amide bonds. The molecule has 3 heterocycles. The Morgan fingerprint density at radius 1 is 1.10 bits per heavy atom. The van der Waals surface area contributed by atoms with Crippen molar-refractivity contribution in [2.75, 3.05) is 26.7 Å². The van der Waals surface area contributed by atoms with E-state index >= 15 is 0 Å². The number of rotatable bonds is 10. The second-order valence-electron chi connectivity index (χ2n) is 16.2. The fourth-order valence-electron chi connectivity index (χ4n) is 7.60. The highest BCUT2D eigenvalue weighted by Gasteiger charge is 2.69. The van der Waals surface area contributed by atoms with E-state index in [9.17, 15) is 32.4 Å². The summed E-state index contributed by atoms with van der Waals surface area (Å²) in [4.78, 5) is 69.7. The molecule has 0 radical (unpaired) electrons. The van der Waals surface area contributed by atoms with Crippen molar-refractivity contribution < 1.29 is 32.4 Å². The number of hydrogen-bond donors (Lipinski definition) is 4. The lowest BCUT2D eigenvalue weighted by molar-refractivity contribution is -0.144. The Balaban J connectivity index is 1.55. The van der Waals surface area contributed by atoms with E-state index < -0.39 is 63.2 Å². The van der Waals surface area contributed by atoms with Gasteiger partial charge in [-0.15, -0.1) is 17.9 Å². The Labute approximate surface area is 313 Å². The Kier molecular flexibility index (Phi) is 13.7. The predicted molar refractivity (Wildman–Crippen MR) is 201 cm³/mol. The number of ketones is 1.